The van der Waals surface area contributed by atoms with Gasteiger partial charge in [-0.25, -0.2) is 4.99 Å². The van der Waals surface area contributed by atoms with Gasteiger partial charge in [-0.15, -0.1) is 34.2 Å². The molecule has 1 aromatic heterocycles. The Morgan fingerprint density at radius 2 is 2.00 bits per heavy atom. The normalized spacial score (nSPS) is 21.0. The number of nitrogens with one attached hydrogen (secondary N) is 2. The Bertz CT molecular complexity index is 572. The molecule has 0 bridgehead atoms. The van der Waals surface area contributed by atoms with Crippen LogP contribution in [0.15, 0.2) is 4.99 Å². The third-order valence-corrected chi connectivity index (χ3v) is 5.32. The highest BCUT2D eigenvalue weighted by Gasteiger charge is 2.22. The van der Waals surface area contributed by atoms with E-state index in [1.807, 2.05) is 0 Å². The Morgan fingerprint density at radius 1 is 1.12 bits per heavy atom. The molecule has 2 N–H and O–H groups in total. The molecule has 3 rings (SSSR count). The minimum absolute atomic E-state index is 0. The number of guanidine groups is 1. The standard InChI is InChI=1S/C18H33N7.HI/c1-3-19-18(20-13-15-9-8-11-24(15)4-2)21-14-17-23-22-16-10-6-5-7-12-25(16)17;/h15H,3-14H2,1-2H3,(H2,19,20,21);1H. The maximum atomic E-state index is 4.76. The van der Waals surface area contributed by atoms with E-state index in [2.05, 4.69) is 44.1 Å². The van der Waals surface area contributed by atoms with Gasteiger partial charge in [0.05, 0.1) is 0 Å². The van der Waals surface area contributed by atoms with Gasteiger partial charge in [0.25, 0.3) is 0 Å². The van der Waals surface area contributed by atoms with Gasteiger partial charge in [-0.05, 0) is 45.7 Å². The summed E-state index contributed by atoms with van der Waals surface area (Å²) in [4.78, 5) is 7.31. The first-order chi connectivity index (χ1) is 12.3. The monoisotopic (exact) mass is 475 g/mol. The number of likely N-dealkylation sites (N-methyl/N-ethyl adjacent to an activating group) is 1. The number of rotatable bonds is 6. The van der Waals surface area contributed by atoms with Crippen LogP contribution in [0.5, 0.6) is 0 Å². The molecule has 2 aliphatic rings. The first-order valence-electron chi connectivity index (χ1n) is 9.99. The summed E-state index contributed by atoms with van der Waals surface area (Å²) in [5.41, 5.74) is 0. The quantitative estimate of drug-likeness (QED) is 0.375. The second kappa shape index (κ2) is 11.1. The minimum atomic E-state index is 0. The first kappa shape index (κ1) is 21.4. The molecule has 3 heterocycles. The van der Waals surface area contributed by atoms with E-state index >= 15 is 0 Å². The van der Waals surface area contributed by atoms with Crippen LogP contribution in [0.4, 0.5) is 0 Å². The van der Waals surface area contributed by atoms with Crippen molar-refractivity contribution in [3.8, 4) is 0 Å². The molecule has 1 unspecified atom stereocenters. The molecule has 7 nitrogen and oxygen atoms in total. The lowest BCUT2D eigenvalue weighted by Crippen LogP contribution is -2.44. The summed E-state index contributed by atoms with van der Waals surface area (Å²) in [7, 11) is 0. The van der Waals surface area contributed by atoms with E-state index in [9.17, 15) is 0 Å². The number of aryl methyl sites for hydroxylation is 1. The summed E-state index contributed by atoms with van der Waals surface area (Å²) >= 11 is 0. The minimum Gasteiger partial charge on any atom is -0.357 e. The lowest BCUT2D eigenvalue weighted by atomic mass is 10.2. The summed E-state index contributed by atoms with van der Waals surface area (Å²) in [6, 6.07) is 0.623. The smallest absolute Gasteiger partial charge is 0.191 e. The van der Waals surface area contributed by atoms with Crippen LogP contribution in [0.3, 0.4) is 0 Å². The third kappa shape index (κ3) is 5.55. The van der Waals surface area contributed by atoms with Crippen molar-refractivity contribution in [3.63, 3.8) is 0 Å². The van der Waals surface area contributed by atoms with Gasteiger partial charge in [0, 0.05) is 32.1 Å². The van der Waals surface area contributed by atoms with Crippen LogP contribution in [0.25, 0.3) is 0 Å². The molecule has 0 saturated carbocycles. The number of halogens is 1. The second-order valence-corrected chi connectivity index (χ2v) is 7.00. The highest BCUT2D eigenvalue weighted by molar-refractivity contribution is 14.0. The van der Waals surface area contributed by atoms with Gasteiger partial charge in [-0.1, -0.05) is 13.3 Å². The number of aliphatic imine (C=N–C) groups is 1. The third-order valence-electron chi connectivity index (χ3n) is 5.32. The van der Waals surface area contributed by atoms with Crippen molar-refractivity contribution in [1.82, 2.24) is 30.3 Å². The zero-order valence-corrected chi connectivity index (χ0v) is 18.5. The predicted octanol–water partition coefficient (Wildman–Crippen LogP) is 2.16. The van der Waals surface area contributed by atoms with Crippen LogP contribution in [0.1, 0.15) is 57.6 Å². The van der Waals surface area contributed by atoms with E-state index in [-0.39, 0.29) is 24.0 Å². The van der Waals surface area contributed by atoms with Crippen molar-refractivity contribution >= 4 is 29.9 Å². The van der Waals surface area contributed by atoms with Gasteiger partial charge in [-0.2, -0.15) is 0 Å². The predicted molar refractivity (Wildman–Crippen MR) is 116 cm³/mol. The molecule has 2 aliphatic heterocycles. The van der Waals surface area contributed by atoms with E-state index in [0.717, 1.165) is 50.2 Å². The van der Waals surface area contributed by atoms with Gasteiger partial charge < -0.3 is 15.2 Å². The molecule has 8 heteroatoms. The topological polar surface area (TPSA) is 70.4 Å². The molecular weight excluding hydrogens is 441 g/mol. The fourth-order valence-electron chi connectivity index (χ4n) is 3.91. The van der Waals surface area contributed by atoms with Gasteiger partial charge in [-0.3, -0.25) is 4.90 Å². The fourth-order valence-corrected chi connectivity index (χ4v) is 3.91. The van der Waals surface area contributed by atoms with Crippen molar-refractivity contribution in [2.75, 3.05) is 26.2 Å². The molecule has 1 aromatic rings. The van der Waals surface area contributed by atoms with Crippen LogP contribution in [-0.4, -0.2) is 57.8 Å². The van der Waals surface area contributed by atoms with E-state index in [0.29, 0.717) is 12.6 Å². The van der Waals surface area contributed by atoms with Gasteiger partial charge in [0.1, 0.15) is 12.4 Å². The van der Waals surface area contributed by atoms with Crippen LogP contribution in [-0.2, 0) is 19.5 Å². The van der Waals surface area contributed by atoms with E-state index in [4.69, 9.17) is 4.99 Å². The first-order valence-corrected chi connectivity index (χ1v) is 9.99. The number of fused-ring (bicyclic) bond motifs is 1. The Balaban J connectivity index is 0.00000243. The number of hydrogen-bond donors (Lipinski definition) is 2. The summed E-state index contributed by atoms with van der Waals surface area (Å²) in [5, 5.41) is 15.6. The highest BCUT2D eigenvalue weighted by Crippen LogP contribution is 2.16. The lowest BCUT2D eigenvalue weighted by Gasteiger charge is -2.23. The SMILES string of the molecule is CCNC(=NCc1nnc2n1CCCCC2)NCC1CCCN1CC.I. The molecule has 0 amide bonds. The Morgan fingerprint density at radius 3 is 2.81 bits per heavy atom. The summed E-state index contributed by atoms with van der Waals surface area (Å²) in [6.45, 7) is 10.1. The van der Waals surface area contributed by atoms with Crippen LogP contribution in [0.2, 0.25) is 0 Å². The second-order valence-electron chi connectivity index (χ2n) is 7.00. The zero-order valence-electron chi connectivity index (χ0n) is 16.2. The van der Waals surface area contributed by atoms with E-state index in [1.54, 1.807) is 0 Å². The van der Waals surface area contributed by atoms with Gasteiger partial charge in [0.15, 0.2) is 11.8 Å². The molecule has 0 radical (unpaired) electrons. The molecule has 148 valence electrons. The average Bonchev–Trinajstić information content (AvgIpc) is 3.17. The maximum Gasteiger partial charge on any atom is 0.191 e. The van der Waals surface area contributed by atoms with E-state index in [1.165, 1.54) is 38.6 Å². The number of aromatic nitrogens is 3. The van der Waals surface area contributed by atoms with Crippen molar-refractivity contribution < 1.29 is 0 Å². The van der Waals surface area contributed by atoms with Crippen LogP contribution >= 0.6 is 24.0 Å². The summed E-state index contributed by atoms with van der Waals surface area (Å²) in [5.74, 6) is 3.01. The highest BCUT2D eigenvalue weighted by atomic mass is 127. The van der Waals surface area contributed by atoms with Crippen molar-refractivity contribution in [2.24, 2.45) is 4.99 Å². The van der Waals surface area contributed by atoms with Crippen molar-refractivity contribution in [2.45, 2.75) is 71.5 Å². The maximum absolute atomic E-state index is 4.76. The molecule has 1 fully saturated rings. The number of likely N-dealkylation sites (tertiary alicyclic amines) is 1. The van der Waals surface area contributed by atoms with Gasteiger partial charge >= 0.3 is 0 Å². The van der Waals surface area contributed by atoms with Crippen LogP contribution in [0, 0.1) is 0 Å². The molecule has 0 aliphatic carbocycles. The Hall–Kier alpha value is -0.900. The van der Waals surface area contributed by atoms with E-state index < -0.39 is 0 Å². The Kier molecular flexibility index (Phi) is 9.10. The molecule has 1 saturated heterocycles. The fraction of sp³-hybridized carbons (Fsp3) is 0.833. The molecular formula is C18H34IN7. The molecule has 1 atom stereocenters. The lowest BCUT2D eigenvalue weighted by molar-refractivity contribution is 0.267. The number of nitrogens with zero attached hydrogens (tertiary/aromatic N) is 5. The molecule has 0 aromatic carbocycles. The Labute approximate surface area is 174 Å². The zero-order chi connectivity index (χ0) is 17.5. The molecule has 0 spiro atoms. The average molecular weight is 475 g/mol. The van der Waals surface area contributed by atoms with Crippen molar-refractivity contribution in [3.05, 3.63) is 11.6 Å². The molecule has 26 heavy (non-hydrogen) atoms. The number of hydrogen-bond acceptors (Lipinski definition) is 4. The largest absolute Gasteiger partial charge is 0.357 e. The van der Waals surface area contributed by atoms with Gasteiger partial charge in [0.2, 0.25) is 0 Å². The summed E-state index contributed by atoms with van der Waals surface area (Å²) in [6.07, 6.45) is 7.35. The van der Waals surface area contributed by atoms with Crippen LogP contribution < -0.4 is 10.6 Å². The van der Waals surface area contributed by atoms with Crippen molar-refractivity contribution in [1.29, 1.82) is 0 Å². The summed E-state index contributed by atoms with van der Waals surface area (Å²) < 4.78 is 2.27.